The van der Waals surface area contributed by atoms with Crippen molar-refractivity contribution in [3.05, 3.63) is 83.1 Å². The first-order valence-corrected chi connectivity index (χ1v) is 12.8. The van der Waals surface area contributed by atoms with Crippen molar-refractivity contribution >= 4 is 34.5 Å². The molecule has 1 N–H and O–H groups in total. The van der Waals surface area contributed by atoms with E-state index in [1.165, 1.54) is 12.1 Å². The molecule has 2 amide bonds. The predicted molar refractivity (Wildman–Crippen MR) is 145 cm³/mol. The van der Waals surface area contributed by atoms with Crippen LogP contribution in [0.4, 0.5) is 9.18 Å². The van der Waals surface area contributed by atoms with Crippen molar-refractivity contribution in [3.8, 4) is 16.9 Å². The molecule has 38 heavy (non-hydrogen) atoms. The molecule has 2 heterocycles. The Labute approximate surface area is 225 Å². The van der Waals surface area contributed by atoms with Gasteiger partial charge in [0.15, 0.2) is 0 Å². The van der Waals surface area contributed by atoms with Crippen LogP contribution in [0.2, 0.25) is 5.02 Å². The molecule has 0 saturated carbocycles. The molecule has 5 rings (SSSR count). The Morgan fingerprint density at radius 1 is 1.08 bits per heavy atom. The molecule has 1 aromatic heterocycles. The van der Waals surface area contributed by atoms with Gasteiger partial charge in [0.05, 0.1) is 16.2 Å². The molecular formula is C29H28ClFN4O3. The zero-order chi connectivity index (χ0) is 27.0. The number of carbonyl (C=O) groups is 2. The van der Waals surface area contributed by atoms with E-state index in [1.54, 1.807) is 39.9 Å². The quantitative estimate of drug-likeness (QED) is 0.337. The summed E-state index contributed by atoms with van der Waals surface area (Å²) in [4.78, 5) is 27.2. The van der Waals surface area contributed by atoms with E-state index >= 15 is 0 Å². The summed E-state index contributed by atoms with van der Waals surface area (Å²) in [6.45, 7) is 6.36. The summed E-state index contributed by atoms with van der Waals surface area (Å²) in [5.41, 5.74) is 2.61. The number of rotatable bonds is 4. The van der Waals surface area contributed by atoms with Crippen molar-refractivity contribution in [1.29, 1.82) is 0 Å². The summed E-state index contributed by atoms with van der Waals surface area (Å²) in [6.07, 6.45) is 0.253. The summed E-state index contributed by atoms with van der Waals surface area (Å²) < 4.78 is 20.8. The first-order chi connectivity index (χ1) is 18.1. The van der Waals surface area contributed by atoms with E-state index in [2.05, 4.69) is 5.32 Å². The van der Waals surface area contributed by atoms with Gasteiger partial charge in [-0.25, -0.2) is 13.9 Å². The van der Waals surface area contributed by atoms with Crippen LogP contribution >= 0.6 is 11.6 Å². The number of aromatic nitrogens is 2. The topological polar surface area (TPSA) is 76.5 Å². The van der Waals surface area contributed by atoms with E-state index in [9.17, 15) is 14.0 Å². The molecule has 0 unspecified atom stereocenters. The minimum Gasteiger partial charge on any atom is -0.444 e. The van der Waals surface area contributed by atoms with E-state index in [1.807, 2.05) is 45.0 Å². The Hall–Kier alpha value is -3.91. The van der Waals surface area contributed by atoms with Crippen molar-refractivity contribution in [3.63, 3.8) is 0 Å². The Morgan fingerprint density at radius 3 is 2.53 bits per heavy atom. The van der Waals surface area contributed by atoms with Crippen LogP contribution in [0, 0.1) is 5.82 Å². The van der Waals surface area contributed by atoms with Crippen LogP contribution in [0.5, 0.6) is 0 Å². The Bertz CT molecular complexity index is 1510. The fourth-order valence-corrected chi connectivity index (χ4v) is 4.75. The number of nitrogens with zero attached hydrogens (tertiary/aromatic N) is 3. The van der Waals surface area contributed by atoms with Crippen LogP contribution in [0.25, 0.3) is 27.8 Å². The summed E-state index contributed by atoms with van der Waals surface area (Å²) in [7, 11) is 0. The summed E-state index contributed by atoms with van der Waals surface area (Å²) in [5.74, 6) is -0.609. The Morgan fingerprint density at radius 2 is 1.82 bits per heavy atom. The molecule has 3 aromatic carbocycles. The third-order valence-corrected chi connectivity index (χ3v) is 6.65. The fourth-order valence-electron chi connectivity index (χ4n) is 4.53. The summed E-state index contributed by atoms with van der Waals surface area (Å²) in [5, 5.41) is 9.19. The number of halogens is 2. The molecule has 196 valence electrons. The number of benzene rings is 3. The van der Waals surface area contributed by atoms with Crippen LogP contribution in [0.3, 0.4) is 0 Å². The second-order valence-electron chi connectivity index (χ2n) is 10.3. The SMILES string of the molecule is CC(C)(C)OC(=O)N1CC[C@H](NC(=O)c2ccc3c(-c4ccccc4Cl)nn(-c4ccc(F)cc4)c3c2)C1. The highest BCUT2D eigenvalue weighted by Crippen LogP contribution is 2.34. The number of nitrogens with one attached hydrogen (secondary N) is 1. The second kappa shape index (κ2) is 10.1. The van der Waals surface area contributed by atoms with Gasteiger partial charge in [-0.05, 0) is 75.7 Å². The number of hydrogen-bond acceptors (Lipinski definition) is 4. The zero-order valence-electron chi connectivity index (χ0n) is 21.4. The molecule has 1 aliphatic heterocycles. The van der Waals surface area contributed by atoms with E-state index in [0.717, 1.165) is 10.9 Å². The molecule has 1 atom stereocenters. The lowest BCUT2D eigenvalue weighted by Gasteiger charge is -2.24. The molecule has 0 bridgehead atoms. The number of carbonyl (C=O) groups excluding carboxylic acids is 2. The summed E-state index contributed by atoms with van der Waals surface area (Å²) in [6, 6.07) is 18.6. The maximum Gasteiger partial charge on any atom is 0.410 e. The van der Waals surface area contributed by atoms with Gasteiger partial charge in [-0.3, -0.25) is 4.79 Å². The molecule has 1 saturated heterocycles. The van der Waals surface area contributed by atoms with E-state index in [4.69, 9.17) is 21.4 Å². The van der Waals surface area contributed by atoms with Gasteiger partial charge in [-0.1, -0.05) is 29.8 Å². The normalized spacial score (nSPS) is 15.6. The molecule has 1 aliphatic rings. The van der Waals surface area contributed by atoms with Crippen LogP contribution in [-0.4, -0.2) is 51.4 Å². The number of amides is 2. The fraction of sp³-hybridized carbons (Fsp3) is 0.276. The minimum atomic E-state index is -0.579. The predicted octanol–water partition coefficient (Wildman–Crippen LogP) is 6.22. The molecule has 9 heteroatoms. The van der Waals surface area contributed by atoms with E-state index in [0.29, 0.717) is 47.0 Å². The molecule has 0 radical (unpaired) electrons. The van der Waals surface area contributed by atoms with Crippen LogP contribution < -0.4 is 5.32 Å². The van der Waals surface area contributed by atoms with Crippen molar-refractivity contribution in [2.75, 3.05) is 13.1 Å². The van der Waals surface area contributed by atoms with Gasteiger partial charge in [0, 0.05) is 35.6 Å². The maximum absolute atomic E-state index is 13.6. The number of likely N-dealkylation sites (tertiary alicyclic amines) is 1. The second-order valence-corrected chi connectivity index (χ2v) is 10.7. The zero-order valence-corrected chi connectivity index (χ0v) is 22.1. The van der Waals surface area contributed by atoms with Gasteiger partial charge in [-0.2, -0.15) is 5.10 Å². The summed E-state index contributed by atoms with van der Waals surface area (Å²) >= 11 is 6.48. The van der Waals surface area contributed by atoms with Crippen LogP contribution in [-0.2, 0) is 4.74 Å². The average Bonchev–Trinajstić information content (AvgIpc) is 3.49. The Kier molecular flexibility index (Phi) is 6.84. The lowest BCUT2D eigenvalue weighted by Crippen LogP contribution is -2.40. The van der Waals surface area contributed by atoms with Gasteiger partial charge < -0.3 is 15.0 Å². The monoisotopic (exact) mass is 534 g/mol. The molecule has 7 nitrogen and oxygen atoms in total. The third-order valence-electron chi connectivity index (χ3n) is 6.32. The average molecular weight is 535 g/mol. The molecule has 0 spiro atoms. The molecule has 1 fully saturated rings. The number of ether oxygens (including phenoxy) is 1. The van der Waals surface area contributed by atoms with E-state index < -0.39 is 5.60 Å². The molecule has 4 aromatic rings. The number of fused-ring (bicyclic) bond motifs is 1. The standard InChI is InChI=1S/C29H28ClFN4O3/c1-29(2,3)38-28(37)34-15-14-20(17-34)32-27(36)18-8-13-23-25(16-18)35(21-11-9-19(31)10-12-21)33-26(23)22-6-4-5-7-24(22)30/h4-13,16,20H,14-15,17H2,1-3H3,(H,32,36)/t20-/m0/s1. The van der Waals surface area contributed by atoms with Crippen molar-refractivity contribution in [2.45, 2.75) is 38.8 Å². The lowest BCUT2D eigenvalue weighted by atomic mass is 10.1. The van der Waals surface area contributed by atoms with Gasteiger partial charge >= 0.3 is 6.09 Å². The largest absolute Gasteiger partial charge is 0.444 e. The van der Waals surface area contributed by atoms with Crippen LogP contribution in [0.15, 0.2) is 66.7 Å². The van der Waals surface area contributed by atoms with Gasteiger partial charge in [0.2, 0.25) is 0 Å². The van der Waals surface area contributed by atoms with Gasteiger partial charge in [0.1, 0.15) is 17.1 Å². The Balaban J connectivity index is 1.44. The lowest BCUT2D eigenvalue weighted by molar-refractivity contribution is 0.0290. The minimum absolute atomic E-state index is 0.189. The highest BCUT2D eigenvalue weighted by molar-refractivity contribution is 6.33. The third kappa shape index (κ3) is 5.36. The van der Waals surface area contributed by atoms with Gasteiger partial charge in [-0.15, -0.1) is 0 Å². The highest BCUT2D eigenvalue weighted by Gasteiger charge is 2.31. The van der Waals surface area contributed by atoms with Crippen molar-refractivity contribution < 1.29 is 18.7 Å². The smallest absolute Gasteiger partial charge is 0.410 e. The van der Waals surface area contributed by atoms with Gasteiger partial charge in [0.25, 0.3) is 5.91 Å². The molecular weight excluding hydrogens is 507 g/mol. The first kappa shape index (κ1) is 25.7. The first-order valence-electron chi connectivity index (χ1n) is 12.4. The molecule has 0 aliphatic carbocycles. The highest BCUT2D eigenvalue weighted by atomic mass is 35.5. The van der Waals surface area contributed by atoms with E-state index in [-0.39, 0.29) is 23.9 Å². The maximum atomic E-state index is 13.6. The van der Waals surface area contributed by atoms with Crippen LogP contribution in [0.1, 0.15) is 37.6 Å². The number of hydrogen-bond donors (Lipinski definition) is 1. The van der Waals surface area contributed by atoms with Crippen molar-refractivity contribution in [1.82, 2.24) is 20.0 Å². The van der Waals surface area contributed by atoms with Crippen molar-refractivity contribution in [2.24, 2.45) is 0 Å².